The van der Waals surface area contributed by atoms with Gasteiger partial charge in [0.25, 0.3) is 0 Å². The Balaban J connectivity index is 2.27. The Morgan fingerprint density at radius 1 is 1.41 bits per heavy atom. The highest BCUT2D eigenvalue weighted by atomic mass is 19.1. The third-order valence-electron chi connectivity index (χ3n) is 2.40. The minimum absolute atomic E-state index is 0.209. The Morgan fingerprint density at radius 3 is 2.76 bits per heavy atom. The molecule has 90 valence electrons. The summed E-state index contributed by atoms with van der Waals surface area (Å²) in [6.45, 7) is 1.91. The molecule has 0 saturated carbocycles. The summed E-state index contributed by atoms with van der Waals surface area (Å²) < 4.78 is 20.0. The van der Waals surface area contributed by atoms with Crippen molar-refractivity contribution >= 4 is 11.6 Å². The van der Waals surface area contributed by atoms with E-state index in [0.29, 0.717) is 5.95 Å². The van der Waals surface area contributed by atoms with Gasteiger partial charge in [0, 0.05) is 25.0 Å². The van der Waals surface area contributed by atoms with Crippen molar-refractivity contribution in [2.75, 3.05) is 12.4 Å². The van der Waals surface area contributed by atoms with Crippen LogP contribution in [0.1, 0.15) is 5.69 Å². The van der Waals surface area contributed by atoms with E-state index in [1.165, 1.54) is 13.2 Å². The van der Waals surface area contributed by atoms with E-state index in [4.69, 9.17) is 4.74 Å². The van der Waals surface area contributed by atoms with Crippen LogP contribution in [0.2, 0.25) is 0 Å². The number of halogens is 1. The predicted molar refractivity (Wildman–Crippen MR) is 64.2 cm³/mol. The summed E-state index contributed by atoms with van der Waals surface area (Å²) in [6, 6.07) is 4.60. The van der Waals surface area contributed by atoms with Gasteiger partial charge in [-0.25, -0.2) is 9.37 Å². The van der Waals surface area contributed by atoms with Crippen molar-refractivity contribution in [2.45, 2.75) is 6.92 Å². The number of ether oxygens (including phenoxy) is 1. The van der Waals surface area contributed by atoms with Crippen LogP contribution in [0.15, 0.2) is 24.4 Å². The lowest BCUT2D eigenvalue weighted by molar-refractivity contribution is 0.387. The number of hydrogen-bond donors (Lipinski definition) is 1. The third-order valence-corrected chi connectivity index (χ3v) is 2.40. The highest BCUT2D eigenvalue weighted by Gasteiger charge is 2.06. The fourth-order valence-corrected chi connectivity index (χ4v) is 1.60. The number of nitrogens with one attached hydrogen (secondary N) is 1. The molecule has 17 heavy (non-hydrogen) atoms. The second-order valence-electron chi connectivity index (χ2n) is 3.79. The molecule has 0 spiro atoms. The van der Waals surface area contributed by atoms with Crippen LogP contribution in [0.4, 0.5) is 16.0 Å². The minimum Gasteiger partial charge on any atom is -0.494 e. The summed E-state index contributed by atoms with van der Waals surface area (Å²) in [5.74, 6) is 0.533. The molecule has 0 aliphatic heterocycles. The molecule has 1 aromatic heterocycles. The van der Waals surface area contributed by atoms with E-state index in [9.17, 15) is 4.39 Å². The van der Waals surface area contributed by atoms with Gasteiger partial charge in [-0.3, -0.25) is 0 Å². The molecule has 4 nitrogen and oxygen atoms in total. The molecule has 0 saturated heterocycles. The zero-order valence-corrected chi connectivity index (χ0v) is 9.99. The van der Waals surface area contributed by atoms with Crippen LogP contribution in [-0.2, 0) is 7.05 Å². The quantitative estimate of drug-likeness (QED) is 0.888. The maximum Gasteiger partial charge on any atom is 0.207 e. The van der Waals surface area contributed by atoms with E-state index in [1.807, 2.05) is 24.7 Å². The number of rotatable bonds is 3. The molecule has 0 atom stereocenters. The molecule has 0 bridgehead atoms. The molecule has 1 aromatic carbocycles. The molecular formula is C12H14FN3O. The minimum atomic E-state index is -0.380. The van der Waals surface area contributed by atoms with Crippen molar-refractivity contribution < 1.29 is 9.13 Å². The van der Waals surface area contributed by atoms with Crippen LogP contribution in [0.25, 0.3) is 0 Å². The zero-order chi connectivity index (χ0) is 12.4. The van der Waals surface area contributed by atoms with Gasteiger partial charge in [-0.1, -0.05) is 0 Å². The Hall–Kier alpha value is -2.04. The Morgan fingerprint density at radius 2 is 2.18 bits per heavy atom. The number of anilines is 2. The summed E-state index contributed by atoms with van der Waals surface area (Å²) in [5, 5.41) is 3.10. The Kier molecular flexibility index (Phi) is 2.99. The van der Waals surface area contributed by atoms with E-state index in [2.05, 4.69) is 10.3 Å². The van der Waals surface area contributed by atoms with Gasteiger partial charge in [0.05, 0.1) is 12.8 Å². The van der Waals surface area contributed by atoms with E-state index in [0.717, 1.165) is 11.4 Å². The second kappa shape index (κ2) is 4.45. The van der Waals surface area contributed by atoms with Crippen molar-refractivity contribution in [3.8, 4) is 5.75 Å². The normalized spacial score (nSPS) is 10.4. The largest absolute Gasteiger partial charge is 0.494 e. The molecule has 5 heteroatoms. The lowest BCUT2D eigenvalue weighted by Crippen LogP contribution is -1.99. The van der Waals surface area contributed by atoms with Crippen LogP contribution in [0, 0.1) is 12.7 Å². The van der Waals surface area contributed by atoms with Crippen molar-refractivity contribution in [2.24, 2.45) is 7.05 Å². The maximum atomic E-state index is 13.2. The standard InChI is InChI=1S/C12H14FN3O/c1-8-7-16(2)12(14-8)15-9-4-5-10(13)11(6-9)17-3/h4-7H,1-3H3,(H,14,15). The molecule has 0 fully saturated rings. The first-order valence-corrected chi connectivity index (χ1v) is 5.20. The number of hydrogen-bond acceptors (Lipinski definition) is 3. The average molecular weight is 235 g/mol. The number of methoxy groups -OCH3 is 1. The summed E-state index contributed by atoms with van der Waals surface area (Å²) in [6.07, 6.45) is 1.91. The van der Waals surface area contributed by atoms with Crippen LogP contribution in [-0.4, -0.2) is 16.7 Å². The van der Waals surface area contributed by atoms with E-state index in [-0.39, 0.29) is 11.6 Å². The average Bonchev–Trinajstić information content (AvgIpc) is 2.60. The lowest BCUT2D eigenvalue weighted by Gasteiger charge is -2.08. The SMILES string of the molecule is COc1cc(Nc2nc(C)cn2C)ccc1F. The van der Waals surface area contributed by atoms with Crippen LogP contribution in [0.3, 0.4) is 0 Å². The first-order chi connectivity index (χ1) is 8.10. The molecule has 2 aromatic rings. The first-order valence-electron chi connectivity index (χ1n) is 5.20. The van der Waals surface area contributed by atoms with Crippen LogP contribution in [0.5, 0.6) is 5.75 Å². The van der Waals surface area contributed by atoms with Gasteiger partial charge in [0.2, 0.25) is 5.95 Å². The van der Waals surface area contributed by atoms with Gasteiger partial charge < -0.3 is 14.6 Å². The monoisotopic (exact) mass is 235 g/mol. The fraction of sp³-hybridized carbons (Fsp3) is 0.250. The molecule has 0 aliphatic carbocycles. The predicted octanol–water partition coefficient (Wildman–Crippen LogP) is 2.62. The topological polar surface area (TPSA) is 39.1 Å². The van der Waals surface area contributed by atoms with Crippen LogP contribution < -0.4 is 10.1 Å². The fourth-order valence-electron chi connectivity index (χ4n) is 1.60. The molecule has 2 rings (SSSR count). The van der Waals surface area contributed by atoms with E-state index < -0.39 is 0 Å². The highest BCUT2D eigenvalue weighted by molar-refractivity contribution is 5.56. The van der Waals surface area contributed by atoms with E-state index >= 15 is 0 Å². The number of aryl methyl sites for hydroxylation is 2. The lowest BCUT2D eigenvalue weighted by atomic mass is 10.3. The molecule has 1 heterocycles. The van der Waals surface area contributed by atoms with Gasteiger partial charge in [-0.15, -0.1) is 0 Å². The van der Waals surface area contributed by atoms with Gasteiger partial charge in [0.1, 0.15) is 0 Å². The summed E-state index contributed by atoms with van der Waals surface area (Å²) in [7, 11) is 3.33. The molecule has 1 N–H and O–H groups in total. The number of benzene rings is 1. The Labute approximate surface area is 99.1 Å². The van der Waals surface area contributed by atoms with Crippen LogP contribution >= 0.6 is 0 Å². The summed E-state index contributed by atoms with van der Waals surface area (Å²) in [4.78, 5) is 4.30. The molecule has 0 aliphatic rings. The number of aromatic nitrogens is 2. The molecular weight excluding hydrogens is 221 g/mol. The maximum absolute atomic E-state index is 13.2. The molecule has 0 amide bonds. The highest BCUT2D eigenvalue weighted by Crippen LogP contribution is 2.23. The summed E-state index contributed by atoms with van der Waals surface area (Å²) in [5.41, 5.74) is 1.65. The third kappa shape index (κ3) is 2.38. The van der Waals surface area contributed by atoms with Crippen molar-refractivity contribution in [1.29, 1.82) is 0 Å². The van der Waals surface area contributed by atoms with Gasteiger partial charge in [-0.05, 0) is 19.1 Å². The van der Waals surface area contributed by atoms with Crippen molar-refractivity contribution in [3.05, 3.63) is 35.9 Å². The number of imidazole rings is 1. The molecule has 0 radical (unpaired) electrons. The van der Waals surface area contributed by atoms with Gasteiger partial charge in [-0.2, -0.15) is 0 Å². The van der Waals surface area contributed by atoms with Gasteiger partial charge >= 0.3 is 0 Å². The smallest absolute Gasteiger partial charge is 0.207 e. The summed E-state index contributed by atoms with van der Waals surface area (Å²) >= 11 is 0. The van der Waals surface area contributed by atoms with Gasteiger partial charge in [0.15, 0.2) is 11.6 Å². The second-order valence-corrected chi connectivity index (χ2v) is 3.79. The first kappa shape index (κ1) is 11.4. The van der Waals surface area contributed by atoms with Crippen molar-refractivity contribution in [3.63, 3.8) is 0 Å². The molecule has 0 unspecified atom stereocenters. The van der Waals surface area contributed by atoms with Crippen molar-refractivity contribution in [1.82, 2.24) is 9.55 Å². The number of nitrogens with zero attached hydrogens (tertiary/aromatic N) is 2. The van der Waals surface area contributed by atoms with E-state index in [1.54, 1.807) is 12.1 Å². The Bertz CT molecular complexity index is 537. The zero-order valence-electron chi connectivity index (χ0n) is 9.99.